The Morgan fingerprint density at radius 2 is 1.65 bits per heavy atom. The number of nitrogens with zero attached hydrogens (tertiary/aromatic N) is 1. The number of methoxy groups -OCH3 is 1. The van der Waals surface area contributed by atoms with Gasteiger partial charge in [0.15, 0.2) is 0 Å². The van der Waals surface area contributed by atoms with Gasteiger partial charge in [-0.1, -0.05) is 13.8 Å². The second kappa shape index (κ2) is 5.25. The van der Waals surface area contributed by atoms with E-state index in [1.165, 1.54) is 0 Å². The quantitative estimate of drug-likeness (QED) is 0.710. The average molecular weight is 243 g/mol. The Labute approximate surface area is 104 Å². The number of likely N-dealkylation sites (tertiary alicyclic amines) is 1. The van der Waals surface area contributed by atoms with E-state index in [4.69, 9.17) is 9.47 Å². The van der Waals surface area contributed by atoms with Crippen LogP contribution in [0.1, 0.15) is 34.6 Å². The van der Waals surface area contributed by atoms with Gasteiger partial charge in [-0.25, -0.2) is 4.79 Å². The Balaban J connectivity index is 2.60. The molecule has 0 N–H and O–H groups in total. The molecule has 0 radical (unpaired) electrons. The summed E-state index contributed by atoms with van der Waals surface area (Å²) >= 11 is 0. The molecule has 0 saturated carbocycles. The molecule has 0 bridgehead atoms. The molecule has 0 aromatic carbocycles. The van der Waals surface area contributed by atoms with E-state index in [1.54, 1.807) is 12.0 Å². The van der Waals surface area contributed by atoms with Crippen molar-refractivity contribution in [2.24, 2.45) is 11.8 Å². The number of carbonyl (C=O) groups is 1. The van der Waals surface area contributed by atoms with Gasteiger partial charge in [0.05, 0.1) is 6.10 Å². The van der Waals surface area contributed by atoms with Gasteiger partial charge in [0.2, 0.25) is 0 Å². The van der Waals surface area contributed by atoms with E-state index in [0.29, 0.717) is 24.9 Å². The molecule has 1 saturated heterocycles. The molecule has 0 aromatic rings. The zero-order valence-corrected chi connectivity index (χ0v) is 11.8. The van der Waals surface area contributed by atoms with Crippen molar-refractivity contribution < 1.29 is 14.3 Å². The second-order valence-corrected chi connectivity index (χ2v) is 6.04. The monoisotopic (exact) mass is 243 g/mol. The van der Waals surface area contributed by atoms with Crippen LogP contribution in [0.3, 0.4) is 0 Å². The lowest BCUT2D eigenvalue weighted by molar-refractivity contribution is -0.0461. The number of piperidine rings is 1. The van der Waals surface area contributed by atoms with Crippen LogP contribution in [0.15, 0.2) is 0 Å². The summed E-state index contributed by atoms with van der Waals surface area (Å²) in [6, 6.07) is 0. The molecule has 17 heavy (non-hydrogen) atoms. The SMILES string of the molecule is COC1C(C)CN(C(=O)OC(C)(C)C)CC1C. The van der Waals surface area contributed by atoms with E-state index in [-0.39, 0.29) is 12.2 Å². The first-order valence-electron chi connectivity index (χ1n) is 6.25. The standard InChI is InChI=1S/C13H25NO3/c1-9-7-14(8-10(2)11(9)16-6)12(15)17-13(3,4)5/h9-11H,7-8H2,1-6H3. The lowest BCUT2D eigenvalue weighted by Gasteiger charge is -2.40. The van der Waals surface area contributed by atoms with Gasteiger partial charge in [-0.2, -0.15) is 0 Å². The molecular weight excluding hydrogens is 218 g/mol. The number of carbonyl (C=O) groups excluding carboxylic acids is 1. The maximum Gasteiger partial charge on any atom is 0.410 e. The molecule has 0 aromatic heterocycles. The van der Waals surface area contributed by atoms with Crippen molar-refractivity contribution in [2.45, 2.75) is 46.3 Å². The summed E-state index contributed by atoms with van der Waals surface area (Å²) in [4.78, 5) is 13.8. The molecule has 1 rings (SSSR count). The first-order chi connectivity index (χ1) is 7.74. The second-order valence-electron chi connectivity index (χ2n) is 6.04. The molecule has 100 valence electrons. The van der Waals surface area contributed by atoms with Gasteiger partial charge < -0.3 is 14.4 Å². The van der Waals surface area contributed by atoms with Gasteiger partial charge in [0, 0.05) is 32.0 Å². The first kappa shape index (κ1) is 14.3. The van der Waals surface area contributed by atoms with E-state index in [0.717, 1.165) is 0 Å². The smallest absolute Gasteiger partial charge is 0.410 e. The molecule has 1 fully saturated rings. The molecule has 1 amide bonds. The highest BCUT2D eigenvalue weighted by atomic mass is 16.6. The summed E-state index contributed by atoms with van der Waals surface area (Å²) in [5.74, 6) is 0.688. The fourth-order valence-corrected chi connectivity index (χ4v) is 2.48. The van der Waals surface area contributed by atoms with Gasteiger partial charge in [-0.05, 0) is 20.8 Å². The number of amides is 1. The molecule has 1 aliphatic rings. The van der Waals surface area contributed by atoms with Crippen LogP contribution in [0.4, 0.5) is 4.79 Å². The zero-order valence-electron chi connectivity index (χ0n) is 11.8. The summed E-state index contributed by atoms with van der Waals surface area (Å²) in [5.41, 5.74) is -0.429. The number of rotatable bonds is 1. The van der Waals surface area contributed by atoms with Crippen molar-refractivity contribution in [1.29, 1.82) is 0 Å². The fraction of sp³-hybridized carbons (Fsp3) is 0.923. The summed E-state index contributed by atoms with van der Waals surface area (Å²) in [6.45, 7) is 11.3. The molecule has 1 aliphatic heterocycles. The van der Waals surface area contributed by atoms with Gasteiger partial charge in [-0.3, -0.25) is 0 Å². The van der Waals surface area contributed by atoms with E-state index < -0.39 is 5.60 Å². The van der Waals surface area contributed by atoms with Crippen molar-refractivity contribution in [1.82, 2.24) is 4.90 Å². The van der Waals surface area contributed by atoms with E-state index in [9.17, 15) is 4.79 Å². The predicted octanol–water partition coefficient (Wildman–Crippen LogP) is 2.52. The van der Waals surface area contributed by atoms with Crippen LogP contribution in [0.5, 0.6) is 0 Å². The van der Waals surface area contributed by atoms with Crippen LogP contribution < -0.4 is 0 Å². The zero-order chi connectivity index (χ0) is 13.2. The minimum absolute atomic E-state index is 0.217. The molecule has 0 spiro atoms. The third-order valence-corrected chi connectivity index (χ3v) is 3.06. The minimum atomic E-state index is -0.429. The molecule has 4 nitrogen and oxygen atoms in total. The van der Waals surface area contributed by atoms with Crippen molar-refractivity contribution in [3.8, 4) is 0 Å². The Kier molecular flexibility index (Phi) is 4.42. The third kappa shape index (κ3) is 3.87. The molecule has 4 heteroatoms. The van der Waals surface area contributed by atoms with Gasteiger partial charge in [-0.15, -0.1) is 0 Å². The number of hydrogen-bond donors (Lipinski definition) is 0. The molecule has 2 atom stereocenters. The predicted molar refractivity (Wildman–Crippen MR) is 66.9 cm³/mol. The lowest BCUT2D eigenvalue weighted by atomic mass is 9.88. The number of hydrogen-bond acceptors (Lipinski definition) is 3. The Morgan fingerprint density at radius 3 is 2.00 bits per heavy atom. The van der Waals surface area contributed by atoms with Crippen LogP contribution >= 0.6 is 0 Å². The fourth-order valence-electron chi connectivity index (χ4n) is 2.48. The van der Waals surface area contributed by atoms with Crippen LogP contribution in [0, 0.1) is 11.8 Å². The Bertz CT molecular complexity index is 260. The van der Waals surface area contributed by atoms with E-state index in [2.05, 4.69) is 13.8 Å². The van der Waals surface area contributed by atoms with Crippen LogP contribution in [-0.4, -0.2) is 42.9 Å². The number of ether oxygens (including phenoxy) is 2. The molecular formula is C13H25NO3. The summed E-state index contributed by atoms with van der Waals surface area (Å²) in [7, 11) is 1.74. The van der Waals surface area contributed by atoms with Crippen molar-refractivity contribution >= 4 is 6.09 Å². The minimum Gasteiger partial charge on any atom is -0.444 e. The van der Waals surface area contributed by atoms with Crippen molar-refractivity contribution in [3.05, 3.63) is 0 Å². The summed E-state index contributed by atoms with van der Waals surface area (Å²) < 4.78 is 10.9. The van der Waals surface area contributed by atoms with Crippen LogP contribution in [-0.2, 0) is 9.47 Å². The van der Waals surface area contributed by atoms with Crippen molar-refractivity contribution in [2.75, 3.05) is 20.2 Å². The highest BCUT2D eigenvalue weighted by Gasteiger charge is 2.35. The van der Waals surface area contributed by atoms with Crippen LogP contribution in [0.25, 0.3) is 0 Å². The largest absolute Gasteiger partial charge is 0.444 e. The Morgan fingerprint density at radius 1 is 1.18 bits per heavy atom. The third-order valence-electron chi connectivity index (χ3n) is 3.06. The molecule has 0 aliphatic carbocycles. The van der Waals surface area contributed by atoms with Gasteiger partial charge in [0.1, 0.15) is 5.60 Å². The van der Waals surface area contributed by atoms with E-state index >= 15 is 0 Å². The van der Waals surface area contributed by atoms with Crippen LogP contribution in [0.2, 0.25) is 0 Å². The summed E-state index contributed by atoms with van der Waals surface area (Å²) in [6.07, 6.45) is 0.0134. The normalized spacial score (nSPS) is 30.2. The van der Waals surface area contributed by atoms with Crippen molar-refractivity contribution in [3.63, 3.8) is 0 Å². The maximum absolute atomic E-state index is 12.0. The average Bonchev–Trinajstić information content (AvgIpc) is 2.14. The highest BCUT2D eigenvalue weighted by molar-refractivity contribution is 5.68. The molecule has 1 heterocycles. The van der Waals surface area contributed by atoms with Gasteiger partial charge >= 0.3 is 6.09 Å². The van der Waals surface area contributed by atoms with E-state index in [1.807, 2.05) is 20.8 Å². The Hall–Kier alpha value is -0.770. The van der Waals surface area contributed by atoms with Gasteiger partial charge in [0.25, 0.3) is 0 Å². The first-order valence-corrected chi connectivity index (χ1v) is 6.25. The maximum atomic E-state index is 12.0. The molecule has 2 unspecified atom stereocenters. The highest BCUT2D eigenvalue weighted by Crippen LogP contribution is 2.25. The topological polar surface area (TPSA) is 38.8 Å². The lowest BCUT2D eigenvalue weighted by Crippen LogP contribution is -2.51. The summed E-state index contributed by atoms with van der Waals surface area (Å²) in [5, 5.41) is 0.